The van der Waals surface area contributed by atoms with Gasteiger partial charge in [0.15, 0.2) is 17.5 Å². The molecule has 0 aliphatic heterocycles. The molecule has 0 saturated carbocycles. The minimum atomic E-state index is 0. The standard InChI is InChI=1S/C17H24N4O2S.HI/c1-5-18-17(20-10-15-11(2)21-12(3)24-15)19-9-13-7-6-8-14(23-4)16(13)22;/h6-8,22H,5,9-10H2,1-4H3,(H2,18,19,20);1H. The molecule has 0 atom stereocenters. The number of hydrogen-bond donors (Lipinski definition) is 3. The second-order valence-electron chi connectivity index (χ2n) is 5.26. The minimum Gasteiger partial charge on any atom is -0.504 e. The third-order valence-corrected chi connectivity index (χ3v) is 4.54. The topological polar surface area (TPSA) is 78.8 Å². The molecule has 8 heteroatoms. The lowest BCUT2D eigenvalue weighted by Crippen LogP contribution is -2.36. The van der Waals surface area contributed by atoms with E-state index in [9.17, 15) is 5.11 Å². The van der Waals surface area contributed by atoms with Gasteiger partial charge in [-0.15, -0.1) is 35.3 Å². The van der Waals surface area contributed by atoms with Crippen LogP contribution in [0.3, 0.4) is 0 Å². The van der Waals surface area contributed by atoms with E-state index in [2.05, 4.69) is 20.6 Å². The number of benzene rings is 1. The first-order valence-electron chi connectivity index (χ1n) is 7.85. The van der Waals surface area contributed by atoms with Crippen LogP contribution in [0.15, 0.2) is 23.2 Å². The molecule has 0 spiro atoms. The summed E-state index contributed by atoms with van der Waals surface area (Å²) in [4.78, 5) is 10.2. The second-order valence-corrected chi connectivity index (χ2v) is 6.55. The lowest BCUT2D eigenvalue weighted by molar-refractivity contribution is 0.370. The highest BCUT2D eigenvalue weighted by Crippen LogP contribution is 2.29. The van der Waals surface area contributed by atoms with Crippen molar-refractivity contribution in [1.29, 1.82) is 0 Å². The van der Waals surface area contributed by atoms with E-state index >= 15 is 0 Å². The number of aromatic nitrogens is 1. The maximum absolute atomic E-state index is 10.1. The third kappa shape index (κ3) is 6.03. The summed E-state index contributed by atoms with van der Waals surface area (Å²) in [6.45, 7) is 7.83. The number of hydrogen-bond acceptors (Lipinski definition) is 5. The Morgan fingerprint density at radius 1 is 1.32 bits per heavy atom. The molecular weight excluding hydrogens is 451 g/mol. The lowest BCUT2D eigenvalue weighted by atomic mass is 10.2. The second kappa shape index (κ2) is 10.4. The fraction of sp³-hybridized carbons (Fsp3) is 0.412. The van der Waals surface area contributed by atoms with Crippen LogP contribution in [0.2, 0.25) is 0 Å². The van der Waals surface area contributed by atoms with Crippen LogP contribution < -0.4 is 15.4 Å². The Balaban J connectivity index is 0.00000312. The first-order chi connectivity index (χ1) is 11.5. The van der Waals surface area contributed by atoms with Crippen LogP contribution in [0.4, 0.5) is 0 Å². The summed E-state index contributed by atoms with van der Waals surface area (Å²) in [5.74, 6) is 1.29. The smallest absolute Gasteiger partial charge is 0.191 e. The van der Waals surface area contributed by atoms with Crippen LogP contribution in [0.25, 0.3) is 0 Å². The van der Waals surface area contributed by atoms with Crippen molar-refractivity contribution in [2.24, 2.45) is 4.99 Å². The van der Waals surface area contributed by atoms with Crippen molar-refractivity contribution >= 4 is 41.3 Å². The lowest BCUT2D eigenvalue weighted by Gasteiger charge is -2.12. The maximum Gasteiger partial charge on any atom is 0.191 e. The Hall–Kier alpha value is -1.55. The van der Waals surface area contributed by atoms with Gasteiger partial charge in [0.1, 0.15) is 0 Å². The molecule has 6 nitrogen and oxygen atoms in total. The number of para-hydroxylation sites is 1. The fourth-order valence-electron chi connectivity index (χ4n) is 2.27. The Morgan fingerprint density at radius 2 is 2.08 bits per heavy atom. The predicted molar refractivity (Wildman–Crippen MR) is 113 cm³/mol. The number of phenols is 1. The summed E-state index contributed by atoms with van der Waals surface area (Å²) < 4.78 is 5.13. The SMILES string of the molecule is CCNC(=NCc1cccc(OC)c1O)NCc1sc(C)nc1C.I. The summed E-state index contributed by atoms with van der Waals surface area (Å²) in [5.41, 5.74) is 1.77. The molecule has 1 aromatic carbocycles. The molecule has 2 rings (SSSR count). The van der Waals surface area contributed by atoms with Crippen molar-refractivity contribution in [1.82, 2.24) is 15.6 Å². The largest absolute Gasteiger partial charge is 0.504 e. The minimum absolute atomic E-state index is 0. The molecule has 2 aromatic rings. The number of thiazole rings is 1. The van der Waals surface area contributed by atoms with Gasteiger partial charge in [-0.25, -0.2) is 9.98 Å². The molecule has 0 fully saturated rings. The average molecular weight is 476 g/mol. The number of methoxy groups -OCH3 is 1. The zero-order valence-electron chi connectivity index (χ0n) is 14.9. The van der Waals surface area contributed by atoms with Gasteiger partial charge < -0.3 is 20.5 Å². The summed E-state index contributed by atoms with van der Waals surface area (Å²) in [5, 5.41) is 17.7. The van der Waals surface area contributed by atoms with E-state index in [0.29, 0.717) is 24.8 Å². The van der Waals surface area contributed by atoms with Gasteiger partial charge in [-0.05, 0) is 26.8 Å². The fourth-order valence-corrected chi connectivity index (χ4v) is 3.14. The van der Waals surface area contributed by atoms with E-state index < -0.39 is 0 Å². The van der Waals surface area contributed by atoms with Crippen LogP contribution in [0.1, 0.15) is 28.1 Å². The predicted octanol–water partition coefficient (Wildman–Crippen LogP) is 3.35. The number of phenolic OH excluding ortho intramolecular Hbond substituents is 1. The maximum atomic E-state index is 10.1. The van der Waals surface area contributed by atoms with Crippen LogP contribution in [-0.4, -0.2) is 29.7 Å². The van der Waals surface area contributed by atoms with E-state index in [1.165, 1.54) is 12.0 Å². The molecule has 0 amide bonds. The molecule has 0 saturated heterocycles. The molecule has 0 aliphatic rings. The number of aryl methyl sites for hydroxylation is 2. The van der Waals surface area contributed by atoms with Crippen molar-refractivity contribution in [2.75, 3.05) is 13.7 Å². The number of nitrogens with one attached hydrogen (secondary N) is 2. The third-order valence-electron chi connectivity index (χ3n) is 3.47. The number of rotatable bonds is 6. The van der Waals surface area contributed by atoms with Crippen molar-refractivity contribution in [3.05, 3.63) is 39.3 Å². The number of aliphatic imine (C=N–C) groups is 1. The molecule has 0 radical (unpaired) electrons. The van der Waals surface area contributed by atoms with Gasteiger partial charge in [0.2, 0.25) is 0 Å². The normalized spacial score (nSPS) is 11.0. The molecule has 0 unspecified atom stereocenters. The number of guanidine groups is 1. The highest BCUT2D eigenvalue weighted by atomic mass is 127. The van der Waals surface area contributed by atoms with E-state index in [4.69, 9.17) is 4.74 Å². The van der Waals surface area contributed by atoms with Gasteiger partial charge in [0.05, 0.1) is 30.9 Å². The van der Waals surface area contributed by atoms with Gasteiger partial charge in [0.25, 0.3) is 0 Å². The van der Waals surface area contributed by atoms with Crippen molar-refractivity contribution < 1.29 is 9.84 Å². The van der Waals surface area contributed by atoms with Gasteiger partial charge in [-0.1, -0.05) is 12.1 Å². The zero-order valence-corrected chi connectivity index (χ0v) is 18.1. The van der Waals surface area contributed by atoms with Gasteiger partial charge in [0, 0.05) is 17.0 Å². The van der Waals surface area contributed by atoms with Crippen LogP contribution in [0.5, 0.6) is 11.5 Å². The first kappa shape index (κ1) is 21.5. The molecular formula is C17H25IN4O2S. The molecule has 3 N–H and O–H groups in total. The molecule has 1 aromatic heterocycles. The summed E-state index contributed by atoms with van der Waals surface area (Å²) in [6, 6.07) is 5.40. The Labute approximate surface area is 169 Å². The van der Waals surface area contributed by atoms with E-state index in [1.54, 1.807) is 17.4 Å². The number of nitrogens with zero attached hydrogens (tertiary/aromatic N) is 2. The van der Waals surface area contributed by atoms with Gasteiger partial charge >= 0.3 is 0 Å². The summed E-state index contributed by atoms with van der Waals surface area (Å²) in [7, 11) is 1.53. The van der Waals surface area contributed by atoms with Gasteiger partial charge in [-0.2, -0.15) is 0 Å². The van der Waals surface area contributed by atoms with Crippen LogP contribution in [0, 0.1) is 13.8 Å². The summed E-state index contributed by atoms with van der Waals surface area (Å²) >= 11 is 1.68. The molecule has 0 aliphatic carbocycles. The molecule has 25 heavy (non-hydrogen) atoms. The Bertz CT molecular complexity index is 719. The first-order valence-corrected chi connectivity index (χ1v) is 8.66. The van der Waals surface area contributed by atoms with Crippen LogP contribution >= 0.6 is 35.3 Å². The Kier molecular flexibility index (Phi) is 8.98. The zero-order chi connectivity index (χ0) is 17.5. The van der Waals surface area contributed by atoms with Gasteiger partial charge in [-0.3, -0.25) is 0 Å². The monoisotopic (exact) mass is 476 g/mol. The van der Waals surface area contributed by atoms with Crippen molar-refractivity contribution in [3.63, 3.8) is 0 Å². The Morgan fingerprint density at radius 3 is 2.68 bits per heavy atom. The van der Waals surface area contributed by atoms with Crippen molar-refractivity contribution in [3.8, 4) is 11.5 Å². The van der Waals surface area contributed by atoms with E-state index in [1.807, 2.05) is 32.9 Å². The molecule has 1 heterocycles. The quantitative estimate of drug-likeness (QED) is 0.339. The van der Waals surface area contributed by atoms with E-state index in [0.717, 1.165) is 22.8 Å². The number of ether oxygens (including phenoxy) is 1. The average Bonchev–Trinajstić information content (AvgIpc) is 2.89. The van der Waals surface area contributed by atoms with Crippen LogP contribution in [-0.2, 0) is 13.1 Å². The molecule has 0 bridgehead atoms. The highest BCUT2D eigenvalue weighted by Gasteiger charge is 2.08. The van der Waals surface area contributed by atoms with Crippen molar-refractivity contribution in [2.45, 2.75) is 33.9 Å². The summed E-state index contributed by atoms with van der Waals surface area (Å²) in [6.07, 6.45) is 0. The molecule has 138 valence electrons. The highest BCUT2D eigenvalue weighted by molar-refractivity contribution is 14.0. The van der Waals surface area contributed by atoms with E-state index in [-0.39, 0.29) is 29.7 Å². The number of aromatic hydroxyl groups is 1. The number of halogens is 1.